The summed E-state index contributed by atoms with van der Waals surface area (Å²) in [4.78, 5) is 12.8. The number of piperazine rings is 1. The zero-order valence-electron chi connectivity index (χ0n) is 7.63. The molecule has 2 fully saturated rings. The molecule has 0 unspecified atom stereocenters. The molecule has 2 rings (SSSR count). The summed E-state index contributed by atoms with van der Waals surface area (Å²) in [6, 6.07) is -0.218. The molecule has 0 aromatic carbocycles. The van der Waals surface area contributed by atoms with Crippen LogP contribution in [0.4, 0.5) is 8.78 Å². The Morgan fingerprint density at radius 2 is 2.07 bits per heavy atom. The van der Waals surface area contributed by atoms with Crippen molar-refractivity contribution in [3.05, 3.63) is 0 Å². The van der Waals surface area contributed by atoms with Gasteiger partial charge in [0.05, 0.1) is 6.54 Å². The molecule has 14 heavy (non-hydrogen) atoms. The molecule has 6 heteroatoms. The van der Waals surface area contributed by atoms with Crippen molar-refractivity contribution in [2.75, 3.05) is 19.6 Å². The minimum Gasteiger partial charge on any atom is -0.337 e. The Labute approximate surface area is 87.2 Å². The van der Waals surface area contributed by atoms with Crippen molar-refractivity contribution in [1.82, 2.24) is 10.2 Å². The second-order valence-electron chi connectivity index (χ2n) is 3.68. The molecule has 0 aromatic heterocycles. The van der Waals surface area contributed by atoms with Crippen LogP contribution in [0.5, 0.6) is 0 Å². The van der Waals surface area contributed by atoms with E-state index >= 15 is 0 Å². The summed E-state index contributed by atoms with van der Waals surface area (Å²) >= 11 is 0. The van der Waals surface area contributed by atoms with Crippen molar-refractivity contribution < 1.29 is 13.6 Å². The summed E-state index contributed by atoms with van der Waals surface area (Å²) in [5.74, 6) is -2.58. The molecule has 1 amide bonds. The number of carbonyl (C=O) groups excluding carboxylic acids is 1. The summed E-state index contributed by atoms with van der Waals surface area (Å²) in [5, 5.41) is 2.91. The molecule has 1 saturated carbocycles. The van der Waals surface area contributed by atoms with Crippen LogP contribution in [0, 0.1) is 0 Å². The lowest BCUT2D eigenvalue weighted by Gasteiger charge is -2.44. The number of hydrogen-bond donors (Lipinski definition) is 1. The average molecular weight is 227 g/mol. The first-order valence-corrected chi connectivity index (χ1v) is 4.46. The standard InChI is InChI=1S/C8H12F2N2O.ClH/c9-8(10)3-6(4-8)12-2-1-11-5-7(12)13;/h6,11H,1-5H2;1H. The van der Waals surface area contributed by atoms with Gasteiger partial charge in [-0.25, -0.2) is 8.78 Å². The lowest BCUT2D eigenvalue weighted by Crippen LogP contribution is -2.58. The predicted octanol–water partition coefficient (Wildman–Crippen LogP) is 0.638. The van der Waals surface area contributed by atoms with Crippen LogP contribution in [0.25, 0.3) is 0 Å². The monoisotopic (exact) mass is 226 g/mol. The molecule has 0 bridgehead atoms. The van der Waals surface area contributed by atoms with Crippen LogP contribution >= 0.6 is 12.4 Å². The fraction of sp³-hybridized carbons (Fsp3) is 0.875. The van der Waals surface area contributed by atoms with E-state index in [4.69, 9.17) is 0 Å². The number of nitrogens with one attached hydrogen (secondary N) is 1. The maximum Gasteiger partial charge on any atom is 0.252 e. The Balaban J connectivity index is 0.000000980. The number of nitrogens with zero attached hydrogens (tertiary/aromatic N) is 1. The third-order valence-corrected chi connectivity index (χ3v) is 2.64. The molecule has 1 saturated heterocycles. The molecule has 1 aliphatic carbocycles. The molecule has 0 radical (unpaired) electrons. The SMILES string of the molecule is Cl.O=C1CNCCN1C1CC(F)(F)C1. The number of alkyl halides is 2. The second-order valence-corrected chi connectivity index (χ2v) is 3.68. The van der Waals surface area contributed by atoms with E-state index in [1.165, 1.54) is 0 Å². The summed E-state index contributed by atoms with van der Waals surface area (Å²) in [7, 11) is 0. The molecule has 1 aliphatic heterocycles. The second kappa shape index (κ2) is 3.98. The molecule has 0 aromatic rings. The van der Waals surface area contributed by atoms with Gasteiger partial charge >= 0.3 is 0 Å². The number of carbonyl (C=O) groups is 1. The summed E-state index contributed by atoms with van der Waals surface area (Å²) in [6.45, 7) is 1.58. The molecular formula is C8H13ClF2N2O. The van der Waals surface area contributed by atoms with Gasteiger partial charge in [-0.3, -0.25) is 4.79 Å². The van der Waals surface area contributed by atoms with Gasteiger partial charge in [0.15, 0.2) is 0 Å². The van der Waals surface area contributed by atoms with E-state index < -0.39 is 5.92 Å². The van der Waals surface area contributed by atoms with E-state index in [1.54, 1.807) is 4.90 Å². The predicted molar refractivity (Wildman–Crippen MR) is 49.8 cm³/mol. The van der Waals surface area contributed by atoms with Crippen molar-refractivity contribution >= 4 is 18.3 Å². The van der Waals surface area contributed by atoms with Crippen LogP contribution in [0.3, 0.4) is 0 Å². The number of halogens is 3. The van der Waals surface area contributed by atoms with Crippen molar-refractivity contribution in [3.63, 3.8) is 0 Å². The van der Waals surface area contributed by atoms with Gasteiger partial charge in [0.2, 0.25) is 5.91 Å². The van der Waals surface area contributed by atoms with Gasteiger partial charge in [0.1, 0.15) is 0 Å². The highest BCUT2D eigenvalue weighted by Crippen LogP contribution is 2.40. The zero-order chi connectivity index (χ0) is 9.47. The van der Waals surface area contributed by atoms with Crippen LogP contribution in [-0.2, 0) is 4.79 Å². The van der Waals surface area contributed by atoms with E-state index in [1.807, 2.05) is 0 Å². The van der Waals surface area contributed by atoms with Crippen LogP contribution in [0.2, 0.25) is 0 Å². The van der Waals surface area contributed by atoms with Crippen molar-refractivity contribution in [1.29, 1.82) is 0 Å². The summed E-state index contributed by atoms with van der Waals surface area (Å²) in [5.41, 5.74) is 0. The fourth-order valence-corrected chi connectivity index (χ4v) is 1.86. The first-order valence-electron chi connectivity index (χ1n) is 4.46. The average Bonchev–Trinajstić information content (AvgIpc) is 2.01. The largest absolute Gasteiger partial charge is 0.337 e. The fourth-order valence-electron chi connectivity index (χ4n) is 1.86. The highest BCUT2D eigenvalue weighted by molar-refractivity contribution is 5.85. The minimum atomic E-state index is -2.53. The highest BCUT2D eigenvalue weighted by Gasteiger charge is 2.49. The van der Waals surface area contributed by atoms with E-state index in [0.29, 0.717) is 19.6 Å². The first-order chi connectivity index (χ1) is 6.08. The van der Waals surface area contributed by atoms with Crippen LogP contribution in [0.1, 0.15) is 12.8 Å². The Morgan fingerprint density at radius 1 is 1.43 bits per heavy atom. The van der Waals surface area contributed by atoms with Crippen LogP contribution in [-0.4, -0.2) is 42.4 Å². The number of rotatable bonds is 1. The van der Waals surface area contributed by atoms with Crippen LogP contribution < -0.4 is 5.32 Å². The highest BCUT2D eigenvalue weighted by atomic mass is 35.5. The molecule has 82 valence electrons. The van der Waals surface area contributed by atoms with Crippen molar-refractivity contribution in [2.45, 2.75) is 24.8 Å². The summed E-state index contributed by atoms with van der Waals surface area (Å²) in [6.07, 6.45) is -0.308. The molecular weight excluding hydrogens is 214 g/mol. The van der Waals surface area contributed by atoms with Gasteiger partial charge in [-0.05, 0) is 0 Å². The van der Waals surface area contributed by atoms with Crippen molar-refractivity contribution in [3.8, 4) is 0 Å². The van der Waals surface area contributed by atoms with Gasteiger partial charge in [-0.15, -0.1) is 12.4 Å². The zero-order valence-corrected chi connectivity index (χ0v) is 8.45. The Morgan fingerprint density at radius 3 is 2.57 bits per heavy atom. The normalized spacial score (nSPS) is 26.7. The number of hydrogen-bond acceptors (Lipinski definition) is 2. The van der Waals surface area contributed by atoms with Crippen molar-refractivity contribution in [2.24, 2.45) is 0 Å². The van der Waals surface area contributed by atoms with E-state index in [2.05, 4.69) is 5.32 Å². The molecule has 0 atom stereocenters. The van der Waals surface area contributed by atoms with E-state index in [9.17, 15) is 13.6 Å². The number of amides is 1. The minimum absolute atomic E-state index is 0. The van der Waals surface area contributed by atoms with E-state index in [-0.39, 0.29) is 37.2 Å². The smallest absolute Gasteiger partial charge is 0.252 e. The van der Waals surface area contributed by atoms with Gasteiger partial charge in [0, 0.05) is 32.0 Å². The third-order valence-electron chi connectivity index (χ3n) is 2.64. The first kappa shape index (κ1) is 11.7. The van der Waals surface area contributed by atoms with Gasteiger partial charge in [0.25, 0.3) is 5.92 Å². The lowest BCUT2D eigenvalue weighted by molar-refractivity contribution is -0.154. The lowest BCUT2D eigenvalue weighted by atomic mass is 9.86. The van der Waals surface area contributed by atoms with Gasteiger partial charge in [-0.1, -0.05) is 0 Å². The van der Waals surface area contributed by atoms with Gasteiger partial charge in [-0.2, -0.15) is 0 Å². The topological polar surface area (TPSA) is 32.3 Å². The summed E-state index contributed by atoms with van der Waals surface area (Å²) < 4.78 is 25.0. The maximum atomic E-state index is 12.5. The maximum absolute atomic E-state index is 12.5. The molecule has 1 heterocycles. The van der Waals surface area contributed by atoms with Gasteiger partial charge < -0.3 is 10.2 Å². The third kappa shape index (κ3) is 2.15. The van der Waals surface area contributed by atoms with Crippen LogP contribution in [0.15, 0.2) is 0 Å². The quantitative estimate of drug-likeness (QED) is 0.712. The molecule has 0 spiro atoms. The Kier molecular flexibility index (Phi) is 3.32. The Hall–Kier alpha value is -0.420. The van der Waals surface area contributed by atoms with E-state index in [0.717, 1.165) is 0 Å². The molecule has 1 N–H and O–H groups in total. The molecule has 3 nitrogen and oxygen atoms in total. The molecule has 2 aliphatic rings. The Bertz CT molecular complexity index is 229.